The van der Waals surface area contributed by atoms with Crippen molar-refractivity contribution < 1.29 is 9.84 Å². The molecule has 4 heteroatoms. The van der Waals surface area contributed by atoms with Gasteiger partial charge < -0.3 is 19.5 Å². The summed E-state index contributed by atoms with van der Waals surface area (Å²) < 4.78 is 6.51. The topological polar surface area (TPSA) is 38.2 Å². The SMILES string of the molecule is [C-]#[N+]C(C)(C)[C@H]1CC[C@@](C)([C@@H]2CC[C@@](C)([N+]#[C-])[C@H]3CCC(C)=C[C@@]23O)O1. The van der Waals surface area contributed by atoms with Crippen LogP contribution in [0.5, 0.6) is 0 Å². The van der Waals surface area contributed by atoms with Gasteiger partial charge in [-0.2, -0.15) is 0 Å². The van der Waals surface area contributed by atoms with Crippen LogP contribution in [-0.4, -0.2) is 33.5 Å². The van der Waals surface area contributed by atoms with Crippen LogP contribution >= 0.6 is 0 Å². The molecule has 0 aromatic heterocycles. The molecule has 0 radical (unpaired) electrons. The largest absolute Gasteiger partial charge is 0.385 e. The standard InChI is InChI=1S/C22H32N2O2/c1-15-8-9-16-20(4,24-7)12-10-17(22(16,25)14-15)21(5)13-11-18(26-21)19(2,3)23-6/h14,16-18,25H,8-13H2,1-5H3/t16-,17+,18-,20-,21+,22+/m1/s1. The van der Waals surface area contributed by atoms with Crippen LogP contribution in [0.4, 0.5) is 0 Å². The quantitative estimate of drug-likeness (QED) is 0.570. The smallest absolute Gasteiger partial charge is 0.252 e. The van der Waals surface area contributed by atoms with E-state index in [-0.39, 0.29) is 17.9 Å². The van der Waals surface area contributed by atoms with Crippen molar-refractivity contribution in [1.82, 2.24) is 0 Å². The van der Waals surface area contributed by atoms with Crippen molar-refractivity contribution in [2.45, 2.75) is 102 Å². The Morgan fingerprint density at radius 2 is 1.85 bits per heavy atom. The van der Waals surface area contributed by atoms with E-state index in [0.717, 1.165) is 38.5 Å². The van der Waals surface area contributed by atoms with Gasteiger partial charge >= 0.3 is 0 Å². The zero-order valence-corrected chi connectivity index (χ0v) is 16.8. The molecule has 26 heavy (non-hydrogen) atoms. The summed E-state index contributed by atoms with van der Waals surface area (Å²) in [6.07, 6.45) is 7.06. The molecule has 0 amide bonds. The number of allylic oxidation sites excluding steroid dienone is 1. The van der Waals surface area contributed by atoms with Gasteiger partial charge in [0.2, 0.25) is 5.54 Å². The molecule has 1 N–H and O–H groups in total. The third kappa shape index (κ3) is 2.79. The molecule has 1 saturated carbocycles. The third-order valence-corrected chi connectivity index (χ3v) is 7.49. The molecule has 0 bridgehead atoms. The lowest BCUT2D eigenvalue weighted by molar-refractivity contribution is -0.176. The summed E-state index contributed by atoms with van der Waals surface area (Å²) in [5.41, 5.74) is -1.28. The van der Waals surface area contributed by atoms with Gasteiger partial charge in [-0.05, 0) is 46.0 Å². The summed E-state index contributed by atoms with van der Waals surface area (Å²) in [5, 5.41) is 11.9. The van der Waals surface area contributed by atoms with E-state index in [4.69, 9.17) is 17.9 Å². The average Bonchev–Trinajstić information content (AvgIpc) is 2.98. The molecule has 3 aliphatic rings. The van der Waals surface area contributed by atoms with Crippen LogP contribution in [0.15, 0.2) is 11.6 Å². The first kappa shape index (κ1) is 19.4. The first-order valence-corrected chi connectivity index (χ1v) is 9.86. The van der Waals surface area contributed by atoms with Gasteiger partial charge in [-0.3, -0.25) is 0 Å². The highest BCUT2D eigenvalue weighted by atomic mass is 16.5. The third-order valence-electron chi connectivity index (χ3n) is 7.49. The molecule has 4 nitrogen and oxygen atoms in total. The van der Waals surface area contributed by atoms with Crippen LogP contribution in [-0.2, 0) is 4.74 Å². The molecule has 1 heterocycles. The summed E-state index contributed by atoms with van der Waals surface area (Å²) in [6, 6.07) is 0. The minimum Gasteiger partial charge on any atom is -0.385 e. The number of ether oxygens (including phenoxy) is 1. The van der Waals surface area contributed by atoms with Crippen LogP contribution in [0.2, 0.25) is 0 Å². The molecule has 0 spiro atoms. The van der Waals surface area contributed by atoms with E-state index in [1.54, 1.807) is 0 Å². The Morgan fingerprint density at radius 1 is 1.15 bits per heavy atom. The van der Waals surface area contributed by atoms with Crippen molar-refractivity contribution in [3.05, 3.63) is 34.5 Å². The van der Waals surface area contributed by atoms with Crippen LogP contribution in [0.25, 0.3) is 9.69 Å². The Kier molecular flexibility index (Phi) is 4.54. The van der Waals surface area contributed by atoms with E-state index < -0.39 is 22.3 Å². The van der Waals surface area contributed by atoms with Gasteiger partial charge in [0, 0.05) is 33.1 Å². The molecule has 6 atom stereocenters. The van der Waals surface area contributed by atoms with Crippen molar-refractivity contribution >= 4 is 0 Å². The first-order chi connectivity index (χ1) is 12.0. The number of hydrogen-bond donors (Lipinski definition) is 1. The van der Waals surface area contributed by atoms with Crippen molar-refractivity contribution in [3.8, 4) is 0 Å². The van der Waals surface area contributed by atoms with E-state index in [1.807, 2.05) is 26.8 Å². The fraction of sp³-hybridized carbons (Fsp3) is 0.818. The number of rotatable bonds is 2. The minimum absolute atomic E-state index is 0.0309. The molecule has 1 aliphatic heterocycles. The molecular formula is C22H32N2O2. The number of fused-ring (bicyclic) bond motifs is 1. The van der Waals surface area contributed by atoms with E-state index in [9.17, 15) is 5.11 Å². The van der Waals surface area contributed by atoms with E-state index >= 15 is 0 Å². The Hall–Kier alpha value is -1.36. The molecule has 1 saturated heterocycles. The molecule has 3 rings (SSSR count). The van der Waals surface area contributed by atoms with E-state index in [2.05, 4.69) is 23.5 Å². The van der Waals surface area contributed by atoms with Gasteiger partial charge in [0.05, 0.1) is 17.1 Å². The Bertz CT molecular complexity index is 700. The maximum atomic E-state index is 11.9. The summed E-state index contributed by atoms with van der Waals surface area (Å²) in [5.74, 6) is -0.0834. The molecule has 0 aromatic carbocycles. The Balaban J connectivity index is 1.97. The fourth-order valence-corrected chi connectivity index (χ4v) is 5.78. The van der Waals surface area contributed by atoms with Gasteiger partial charge in [-0.15, -0.1) is 0 Å². The molecule has 2 aliphatic carbocycles. The molecular weight excluding hydrogens is 324 g/mol. The highest BCUT2D eigenvalue weighted by Gasteiger charge is 2.65. The van der Waals surface area contributed by atoms with E-state index in [1.165, 1.54) is 5.57 Å². The number of nitrogens with zero attached hydrogens (tertiary/aromatic N) is 2. The second-order valence-electron chi connectivity index (χ2n) is 9.75. The van der Waals surface area contributed by atoms with Crippen LogP contribution < -0.4 is 0 Å². The fourth-order valence-electron chi connectivity index (χ4n) is 5.78. The zero-order valence-electron chi connectivity index (χ0n) is 16.8. The molecule has 0 unspecified atom stereocenters. The van der Waals surface area contributed by atoms with Crippen molar-refractivity contribution in [1.29, 1.82) is 0 Å². The predicted octanol–water partition coefficient (Wildman–Crippen LogP) is 4.80. The van der Waals surface area contributed by atoms with Gasteiger partial charge in [0.1, 0.15) is 6.10 Å². The highest BCUT2D eigenvalue weighted by molar-refractivity contribution is 5.28. The molecule has 2 fully saturated rings. The summed E-state index contributed by atoms with van der Waals surface area (Å²) in [4.78, 5) is 7.74. The summed E-state index contributed by atoms with van der Waals surface area (Å²) in [7, 11) is 0. The average molecular weight is 357 g/mol. The highest BCUT2D eigenvalue weighted by Crippen LogP contribution is 2.57. The molecule has 142 valence electrons. The second kappa shape index (κ2) is 6.08. The van der Waals surface area contributed by atoms with Gasteiger partial charge in [0.15, 0.2) is 0 Å². The lowest BCUT2D eigenvalue weighted by atomic mass is 9.53. The van der Waals surface area contributed by atoms with Gasteiger partial charge in [-0.25, -0.2) is 13.1 Å². The first-order valence-electron chi connectivity index (χ1n) is 9.86. The second-order valence-corrected chi connectivity index (χ2v) is 9.75. The Morgan fingerprint density at radius 3 is 2.46 bits per heavy atom. The van der Waals surface area contributed by atoms with E-state index in [0.29, 0.717) is 0 Å². The summed E-state index contributed by atoms with van der Waals surface area (Å²) >= 11 is 0. The van der Waals surface area contributed by atoms with Gasteiger partial charge in [-0.1, -0.05) is 11.6 Å². The normalized spacial score (nSPS) is 46.0. The van der Waals surface area contributed by atoms with Crippen LogP contribution in [0.3, 0.4) is 0 Å². The maximum absolute atomic E-state index is 11.9. The lowest BCUT2D eigenvalue weighted by Crippen LogP contribution is -2.63. The van der Waals surface area contributed by atoms with Crippen molar-refractivity contribution in [2.75, 3.05) is 0 Å². The van der Waals surface area contributed by atoms with Crippen LogP contribution in [0.1, 0.15) is 73.1 Å². The number of hydrogen-bond acceptors (Lipinski definition) is 2. The van der Waals surface area contributed by atoms with Crippen LogP contribution in [0, 0.1) is 25.0 Å². The number of aliphatic hydroxyl groups is 1. The zero-order chi connectivity index (χ0) is 19.4. The maximum Gasteiger partial charge on any atom is 0.252 e. The minimum atomic E-state index is -0.994. The predicted molar refractivity (Wildman–Crippen MR) is 102 cm³/mol. The summed E-state index contributed by atoms with van der Waals surface area (Å²) in [6.45, 7) is 25.3. The van der Waals surface area contributed by atoms with Crippen molar-refractivity contribution in [3.63, 3.8) is 0 Å². The molecule has 0 aromatic rings. The van der Waals surface area contributed by atoms with Gasteiger partial charge in [0.25, 0.3) is 5.54 Å². The van der Waals surface area contributed by atoms with Crippen molar-refractivity contribution in [2.24, 2.45) is 11.8 Å². The monoisotopic (exact) mass is 356 g/mol. The lowest BCUT2D eigenvalue weighted by Gasteiger charge is -2.54. The Labute approximate surface area is 158 Å².